The first-order valence-corrected chi connectivity index (χ1v) is 10.8. The van der Waals surface area contributed by atoms with Gasteiger partial charge in [-0.15, -0.1) is 0 Å². The first-order chi connectivity index (χ1) is 13.5. The lowest BCUT2D eigenvalue weighted by Crippen LogP contribution is -2.32. The van der Waals surface area contributed by atoms with E-state index in [1.807, 2.05) is 0 Å². The number of anilines is 1. The molecule has 5 rings (SSSR count). The van der Waals surface area contributed by atoms with Gasteiger partial charge in [0.25, 0.3) is 0 Å². The molecule has 2 atom stereocenters. The molecule has 3 heterocycles. The number of aromatic nitrogens is 1. The molecule has 0 bridgehead atoms. The number of pyridine rings is 1. The zero-order chi connectivity index (χ0) is 19.4. The maximum Gasteiger partial charge on any atom is 0.227 e. The average Bonchev–Trinajstić information content (AvgIpc) is 3.39. The van der Waals surface area contributed by atoms with Crippen LogP contribution in [0.4, 0.5) is 5.69 Å². The lowest BCUT2D eigenvalue weighted by Gasteiger charge is -2.30. The number of benzene rings is 1. The van der Waals surface area contributed by atoms with Crippen LogP contribution in [0.25, 0.3) is 22.1 Å². The minimum atomic E-state index is 0.396. The lowest BCUT2D eigenvalue weighted by molar-refractivity contribution is 0.370. The zero-order valence-electron chi connectivity index (χ0n) is 17.4. The molecule has 3 heteroatoms. The van der Waals surface area contributed by atoms with E-state index in [1.54, 1.807) is 0 Å². The van der Waals surface area contributed by atoms with Crippen LogP contribution in [-0.2, 0) is 0 Å². The molecule has 1 saturated carbocycles. The van der Waals surface area contributed by atoms with Crippen LogP contribution in [0.1, 0.15) is 63.6 Å². The second-order valence-corrected chi connectivity index (χ2v) is 9.06. The molecule has 1 aromatic carbocycles. The predicted molar refractivity (Wildman–Crippen MR) is 117 cm³/mol. The summed E-state index contributed by atoms with van der Waals surface area (Å²) in [5.74, 6) is 1.88. The average molecular weight is 375 g/mol. The minimum Gasteiger partial charge on any atom is -0.435 e. The van der Waals surface area contributed by atoms with E-state index in [9.17, 15) is 0 Å². The van der Waals surface area contributed by atoms with Crippen LogP contribution in [0.2, 0.25) is 0 Å². The number of nitrogens with zero attached hydrogens (tertiary/aromatic N) is 2. The monoisotopic (exact) mass is 374 g/mol. The SMILES string of the molecule is Cc1ccc2c(oc3nc(C(C)C)ccc32)c1N1C=CC(C2CCCC2)[C@@H]1C. The summed E-state index contributed by atoms with van der Waals surface area (Å²) in [6.45, 7) is 8.91. The Kier molecular flexibility index (Phi) is 4.22. The maximum atomic E-state index is 6.39. The fourth-order valence-electron chi connectivity index (χ4n) is 5.31. The molecular weight excluding hydrogens is 344 g/mol. The van der Waals surface area contributed by atoms with Crippen LogP contribution < -0.4 is 4.90 Å². The molecule has 146 valence electrons. The normalized spacial score (nSPS) is 23.1. The molecule has 0 N–H and O–H groups in total. The third kappa shape index (κ3) is 2.67. The van der Waals surface area contributed by atoms with Gasteiger partial charge in [0.15, 0.2) is 5.58 Å². The van der Waals surface area contributed by atoms with Gasteiger partial charge in [0, 0.05) is 34.6 Å². The van der Waals surface area contributed by atoms with E-state index >= 15 is 0 Å². The van der Waals surface area contributed by atoms with E-state index in [0.29, 0.717) is 17.9 Å². The highest BCUT2D eigenvalue weighted by Crippen LogP contribution is 2.44. The maximum absolute atomic E-state index is 6.39. The second kappa shape index (κ2) is 6.65. The molecule has 1 unspecified atom stereocenters. The van der Waals surface area contributed by atoms with Crippen molar-refractivity contribution in [2.75, 3.05) is 4.90 Å². The number of hydrogen-bond acceptors (Lipinski definition) is 3. The van der Waals surface area contributed by atoms with Gasteiger partial charge in [-0.05, 0) is 56.2 Å². The van der Waals surface area contributed by atoms with Gasteiger partial charge in [-0.3, -0.25) is 0 Å². The molecule has 1 aliphatic heterocycles. The van der Waals surface area contributed by atoms with E-state index in [2.05, 4.69) is 69.1 Å². The summed E-state index contributed by atoms with van der Waals surface area (Å²) in [6.07, 6.45) is 10.3. The van der Waals surface area contributed by atoms with Crippen molar-refractivity contribution in [3.8, 4) is 0 Å². The van der Waals surface area contributed by atoms with Gasteiger partial charge in [0.2, 0.25) is 5.71 Å². The lowest BCUT2D eigenvalue weighted by atomic mass is 9.86. The second-order valence-electron chi connectivity index (χ2n) is 9.06. The Bertz CT molecular complexity index is 1060. The van der Waals surface area contributed by atoms with Crippen molar-refractivity contribution in [3.63, 3.8) is 0 Å². The Balaban J connectivity index is 1.62. The highest BCUT2D eigenvalue weighted by atomic mass is 16.3. The summed E-state index contributed by atoms with van der Waals surface area (Å²) in [5, 5.41) is 2.28. The van der Waals surface area contributed by atoms with E-state index in [1.165, 1.54) is 42.3 Å². The first-order valence-electron chi connectivity index (χ1n) is 10.8. The summed E-state index contributed by atoms with van der Waals surface area (Å²) < 4.78 is 6.39. The molecule has 28 heavy (non-hydrogen) atoms. The van der Waals surface area contributed by atoms with E-state index < -0.39 is 0 Å². The Hall–Kier alpha value is -2.29. The summed E-state index contributed by atoms with van der Waals surface area (Å²) >= 11 is 0. The van der Waals surface area contributed by atoms with Gasteiger partial charge in [-0.25, -0.2) is 4.98 Å². The van der Waals surface area contributed by atoms with Crippen LogP contribution in [0.5, 0.6) is 0 Å². The molecule has 0 spiro atoms. The number of fused-ring (bicyclic) bond motifs is 3. The van der Waals surface area contributed by atoms with E-state index in [-0.39, 0.29) is 0 Å². The number of furan rings is 1. The molecule has 2 aliphatic rings. The van der Waals surface area contributed by atoms with Crippen molar-refractivity contribution in [3.05, 3.63) is 47.8 Å². The first kappa shape index (κ1) is 17.8. The highest BCUT2D eigenvalue weighted by molar-refractivity contribution is 6.08. The number of aryl methyl sites for hydroxylation is 1. The molecule has 1 aliphatic carbocycles. The van der Waals surface area contributed by atoms with Crippen molar-refractivity contribution in [2.24, 2.45) is 11.8 Å². The molecule has 1 fully saturated rings. The van der Waals surface area contributed by atoms with E-state index in [0.717, 1.165) is 28.3 Å². The smallest absolute Gasteiger partial charge is 0.227 e. The molecule has 3 nitrogen and oxygen atoms in total. The van der Waals surface area contributed by atoms with Crippen LogP contribution in [0.3, 0.4) is 0 Å². The summed E-state index contributed by atoms with van der Waals surface area (Å²) in [7, 11) is 0. The van der Waals surface area contributed by atoms with Gasteiger partial charge in [0.05, 0.1) is 5.69 Å². The predicted octanol–water partition coefficient (Wildman–Crippen LogP) is 6.94. The third-order valence-corrected chi connectivity index (χ3v) is 6.96. The Labute approximate surface area is 167 Å². The van der Waals surface area contributed by atoms with Crippen LogP contribution in [-0.4, -0.2) is 11.0 Å². The Morgan fingerprint density at radius 2 is 1.82 bits per heavy atom. The standard InChI is InChI=1S/C25H30N2O/c1-15(2)22-12-11-21-20-10-9-16(3)23(24(20)28-25(21)26-22)27-14-13-19(17(27)4)18-7-5-6-8-18/h9-15,17-19H,5-8H2,1-4H3/t17-,19?/m0/s1. The number of rotatable bonds is 3. The fourth-order valence-corrected chi connectivity index (χ4v) is 5.31. The van der Waals surface area contributed by atoms with Gasteiger partial charge >= 0.3 is 0 Å². The van der Waals surface area contributed by atoms with Gasteiger partial charge < -0.3 is 9.32 Å². The molecular formula is C25H30N2O. The van der Waals surface area contributed by atoms with Crippen LogP contribution in [0.15, 0.2) is 41.0 Å². The largest absolute Gasteiger partial charge is 0.435 e. The van der Waals surface area contributed by atoms with Gasteiger partial charge in [-0.2, -0.15) is 0 Å². The fraction of sp³-hybridized carbons (Fsp3) is 0.480. The van der Waals surface area contributed by atoms with Gasteiger partial charge in [0.1, 0.15) is 0 Å². The van der Waals surface area contributed by atoms with Gasteiger partial charge in [-0.1, -0.05) is 44.9 Å². The Morgan fingerprint density at radius 3 is 2.57 bits per heavy atom. The summed E-state index contributed by atoms with van der Waals surface area (Å²) in [6, 6.07) is 9.20. The van der Waals surface area contributed by atoms with Crippen molar-refractivity contribution >= 4 is 27.8 Å². The van der Waals surface area contributed by atoms with Crippen molar-refractivity contribution in [1.82, 2.24) is 4.98 Å². The molecule has 0 radical (unpaired) electrons. The zero-order valence-corrected chi connectivity index (χ0v) is 17.4. The quantitative estimate of drug-likeness (QED) is 0.497. The van der Waals surface area contributed by atoms with Crippen molar-refractivity contribution in [2.45, 2.75) is 65.3 Å². The van der Waals surface area contributed by atoms with Crippen LogP contribution in [0, 0.1) is 18.8 Å². The molecule has 3 aromatic rings. The Morgan fingerprint density at radius 1 is 1.07 bits per heavy atom. The highest BCUT2D eigenvalue weighted by Gasteiger charge is 2.35. The van der Waals surface area contributed by atoms with Crippen molar-refractivity contribution < 1.29 is 4.42 Å². The topological polar surface area (TPSA) is 29.3 Å². The summed E-state index contributed by atoms with van der Waals surface area (Å²) in [5.41, 5.74) is 5.30. The third-order valence-electron chi connectivity index (χ3n) is 6.96. The molecule has 0 amide bonds. The number of hydrogen-bond donors (Lipinski definition) is 0. The van der Waals surface area contributed by atoms with E-state index in [4.69, 9.17) is 9.40 Å². The summed E-state index contributed by atoms with van der Waals surface area (Å²) in [4.78, 5) is 7.25. The molecule has 2 aromatic heterocycles. The molecule has 0 saturated heterocycles. The minimum absolute atomic E-state index is 0.396. The van der Waals surface area contributed by atoms with Crippen LogP contribution >= 0.6 is 0 Å². The van der Waals surface area contributed by atoms with Crippen molar-refractivity contribution in [1.29, 1.82) is 0 Å².